The Bertz CT molecular complexity index is 421. The summed E-state index contributed by atoms with van der Waals surface area (Å²) in [6.07, 6.45) is 3.64. The van der Waals surface area contributed by atoms with E-state index in [-0.39, 0.29) is 0 Å². The van der Waals surface area contributed by atoms with Crippen molar-refractivity contribution in [3.63, 3.8) is 0 Å². The van der Waals surface area contributed by atoms with Gasteiger partial charge in [0.1, 0.15) is 11.5 Å². The molecule has 0 N–H and O–H groups in total. The highest BCUT2D eigenvalue weighted by Gasteiger charge is 2.20. The third kappa shape index (κ3) is 4.06. The smallest absolute Gasteiger partial charge is 0.132 e. The highest BCUT2D eigenvalue weighted by atomic mass is 16.5. The van der Waals surface area contributed by atoms with Gasteiger partial charge in [0, 0.05) is 31.5 Å². The Morgan fingerprint density at radius 2 is 1.95 bits per heavy atom. The molecule has 0 spiro atoms. The number of carbonyl (C=O) groups is 1. The summed E-state index contributed by atoms with van der Waals surface area (Å²) in [5, 5.41) is 0. The maximum atomic E-state index is 11.2. The second-order valence-electron chi connectivity index (χ2n) is 5.49. The summed E-state index contributed by atoms with van der Waals surface area (Å²) in [7, 11) is 3.86. The molecule has 0 unspecified atom stereocenters. The van der Waals surface area contributed by atoms with Gasteiger partial charge in [0.15, 0.2) is 0 Å². The van der Waals surface area contributed by atoms with Crippen molar-refractivity contribution in [2.24, 2.45) is 5.92 Å². The van der Waals surface area contributed by atoms with E-state index in [2.05, 4.69) is 18.0 Å². The number of carbonyl (C=O) groups excluding carboxylic acids is 1. The second kappa shape index (κ2) is 6.71. The molecule has 0 radical (unpaired) electrons. The largest absolute Gasteiger partial charge is 0.496 e. The standard InChI is InChI=1S/C16H23NO2/c1-17(11-13-7-9-15(18)10-8-13)12-14-5-3-4-6-16(14)19-2/h3-6,13H,7-12H2,1-2H3. The van der Waals surface area contributed by atoms with Gasteiger partial charge >= 0.3 is 0 Å². The van der Waals surface area contributed by atoms with Crippen molar-refractivity contribution >= 4 is 5.78 Å². The molecule has 0 saturated heterocycles. The van der Waals surface area contributed by atoms with Crippen molar-refractivity contribution in [1.82, 2.24) is 4.90 Å². The van der Waals surface area contributed by atoms with Gasteiger partial charge in [0.25, 0.3) is 0 Å². The van der Waals surface area contributed by atoms with Crippen LogP contribution in [0.4, 0.5) is 0 Å². The number of ether oxygens (including phenoxy) is 1. The van der Waals surface area contributed by atoms with Crippen molar-refractivity contribution in [2.75, 3.05) is 20.7 Å². The molecular weight excluding hydrogens is 238 g/mol. The maximum absolute atomic E-state index is 11.2. The van der Waals surface area contributed by atoms with Crippen molar-refractivity contribution in [1.29, 1.82) is 0 Å². The molecule has 1 aliphatic carbocycles. The zero-order chi connectivity index (χ0) is 13.7. The summed E-state index contributed by atoms with van der Waals surface area (Å²) < 4.78 is 5.38. The van der Waals surface area contributed by atoms with Gasteiger partial charge in [-0.15, -0.1) is 0 Å². The summed E-state index contributed by atoms with van der Waals surface area (Å²) in [6.45, 7) is 1.96. The molecule has 0 heterocycles. The van der Waals surface area contributed by atoms with E-state index >= 15 is 0 Å². The lowest BCUT2D eigenvalue weighted by molar-refractivity contribution is -0.121. The van der Waals surface area contributed by atoms with E-state index in [1.807, 2.05) is 18.2 Å². The zero-order valence-corrected chi connectivity index (χ0v) is 11.9. The minimum atomic E-state index is 0.434. The summed E-state index contributed by atoms with van der Waals surface area (Å²) in [5.41, 5.74) is 1.22. The number of nitrogens with zero attached hydrogens (tertiary/aromatic N) is 1. The Hall–Kier alpha value is -1.35. The van der Waals surface area contributed by atoms with Crippen LogP contribution in [0.1, 0.15) is 31.2 Å². The highest BCUT2D eigenvalue weighted by Crippen LogP contribution is 2.24. The Kier molecular flexibility index (Phi) is 4.97. The number of methoxy groups -OCH3 is 1. The molecule has 0 atom stereocenters. The molecule has 19 heavy (non-hydrogen) atoms. The van der Waals surface area contributed by atoms with Crippen LogP contribution in [0.5, 0.6) is 5.75 Å². The predicted molar refractivity (Wildman–Crippen MR) is 76.3 cm³/mol. The van der Waals surface area contributed by atoms with E-state index in [0.29, 0.717) is 11.7 Å². The predicted octanol–water partition coefficient (Wildman–Crippen LogP) is 2.89. The number of benzene rings is 1. The fourth-order valence-electron chi connectivity index (χ4n) is 2.81. The molecule has 1 saturated carbocycles. The van der Waals surface area contributed by atoms with Crippen molar-refractivity contribution in [3.8, 4) is 5.75 Å². The number of ketones is 1. The van der Waals surface area contributed by atoms with Crippen LogP contribution in [-0.2, 0) is 11.3 Å². The second-order valence-corrected chi connectivity index (χ2v) is 5.49. The average molecular weight is 261 g/mol. The van der Waals surface area contributed by atoms with E-state index < -0.39 is 0 Å². The lowest BCUT2D eigenvalue weighted by Gasteiger charge is -2.26. The normalized spacial score (nSPS) is 16.9. The van der Waals surface area contributed by atoms with Gasteiger partial charge in [-0.25, -0.2) is 0 Å². The van der Waals surface area contributed by atoms with Crippen LogP contribution in [0, 0.1) is 5.92 Å². The third-order valence-corrected chi connectivity index (χ3v) is 3.87. The van der Waals surface area contributed by atoms with Crippen LogP contribution in [0.2, 0.25) is 0 Å². The maximum Gasteiger partial charge on any atom is 0.132 e. The highest BCUT2D eigenvalue weighted by molar-refractivity contribution is 5.79. The van der Waals surface area contributed by atoms with E-state index in [0.717, 1.165) is 44.5 Å². The first kappa shape index (κ1) is 14.1. The lowest BCUT2D eigenvalue weighted by Crippen LogP contribution is -2.28. The van der Waals surface area contributed by atoms with Gasteiger partial charge in [-0.2, -0.15) is 0 Å². The van der Waals surface area contributed by atoms with Crippen LogP contribution >= 0.6 is 0 Å². The van der Waals surface area contributed by atoms with Gasteiger partial charge < -0.3 is 9.64 Å². The number of hydrogen-bond donors (Lipinski definition) is 0. The molecule has 0 aromatic heterocycles. The SMILES string of the molecule is COc1ccccc1CN(C)CC1CCC(=O)CC1. The monoisotopic (exact) mass is 261 g/mol. The Balaban J connectivity index is 1.87. The third-order valence-electron chi connectivity index (χ3n) is 3.87. The van der Waals surface area contributed by atoms with Crippen LogP contribution in [0.3, 0.4) is 0 Å². The topological polar surface area (TPSA) is 29.5 Å². The molecule has 1 aromatic carbocycles. The van der Waals surface area contributed by atoms with Crippen LogP contribution in [0.25, 0.3) is 0 Å². The molecule has 2 rings (SSSR count). The molecule has 0 bridgehead atoms. The quantitative estimate of drug-likeness (QED) is 0.816. The van der Waals surface area contributed by atoms with Gasteiger partial charge in [-0.1, -0.05) is 18.2 Å². The van der Waals surface area contributed by atoms with Crippen LogP contribution in [-0.4, -0.2) is 31.4 Å². The van der Waals surface area contributed by atoms with Crippen molar-refractivity contribution in [3.05, 3.63) is 29.8 Å². The Morgan fingerprint density at radius 1 is 1.26 bits per heavy atom. The molecule has 0 amide bonds. The average Bonchev–Trinajstić information content (AvgIpc) is 2.42. The van der Waals surface area contributed by atoms with Gasteiger partial charge in [-0.3, -0.25) is 4.79 Å². The number of rotatable bonds is 5. The first-order valence-corrected chi connectivity index (χ1v) is 7.01. The first-order valence-electron chi connectivity index (χ1n) is 7.01. The molecule has 104 valence electrons. The molecule has 1 aliphatic rings. The van der Waals surface area contributed by atoms with E-state index in [1.165, 1.54) is 5.56 Å². The fourth-order valence-corrected chi connectivity index (χ4v) is 2.81. The van der Waals surface area contributed by atoms with Gasteiger partial charge in [-0.05, 0) is 31.9 Å². The summed E-state index contributed by atoms with van der Waals surface area (Å²) >= 11 is 0. The van der Waals surface area contributed by atoms with Gasteiger partial charge in [0.05, 0.1) is 7.11 Å². The summed E-state index contributed by atoms with van der Waals surface area (Å²) in [6, 6.07) is 8.15. The number of para-hydroxylation sites is 1. The van der Waals surface area contributed by atoms with Crippen LogP contribution in [0.15, 0.2) is 24.3 Å². The summed E-state index contributed by atoms with van der Waals surface area (Å²) in [4.78, 5) is 13.6. The van der Waals surface area contributed by atoms with E-state index in [1.54, 1.807) is 7.11 Å². The number of Topliss-reactive ketones (excluding diaryl/α,β-unsaturated/α-hetero) is 1. The molecule has 0 aliphatic heterocycles. The van der Waals surface area contributed by atoms with E-state index in [9.17, 15) is 4.79 Å². The zero-order valence-electron chi connectivity index (χ0n) is 11.9. The van der Waals surface area contributed by atoms with E-state index in [4.69, 9.17) is 4.74 Å². The van der Waals surface area contributed by atoms with Crippen molar-refractivity contribution in [2.45, 2.75) is 32.2 Å². The Morgan fingerprint density at radius 3 is 2.63 bits per heavy atom. The minimum absolute atomic E-state index is 0.434. The molecule has 1 fully saturated rings. The molecule has 3 heteroatoms. The fraction of sp³-hybridized carbons (Fsp3) is 0.562. The summed E-state index contributed by atoms with van der Waals surface area (Å²) in [5.74, 6) is 2.05. The number of hydrogen-bond acceptors (Lipinski definition) is 3. The van der Waals surface area contributed by atoms with Crippen molar-refractivity contribution < 1.29 is 9.53 Å². The lowest BCUT2D eigenvalue weighted by atomic mass is 9.88. The van der Waals surface area contributed by atoms with Gasteiger partial charge in [0.2, 0.25) is 0 Å². The molecular formula is C16H23NO2. The van der Waals surface area contributed by atoms with Crippen LogP contribution < -0.4 is 4.74 Å². The minimum Gasteiger partial charge on any atom is -0.496 e. The first-order chi connectivity index (χ1) is 9.19. The molecule has 1 aromatic rings. The molecule has 3 nitrogen and oxygen atoms in total. The Labute approximate surface area is 115 Å².